The standard InChI is InChI=1S/C29H35N7O7/c37-19(13-35-12-6-11-18(35)27(38)39)21-22-23(43-28(42-22)16-7-2-1-3-8-16)26(41-21)36-15-32-20-24(30-14-31-25(20)36)34-29(40)33-17-9-4-5-10-17/h1-3,7-8,14-15,17-18,21-23,26-28,38-39H,4-6,9-13H2,(H2,30,31,33,34,40). The summed E-state index contributed by atoms with van der Waals surface area (Å²) in [5, 5.41) is 25.4. The van der Waals surface area contributed by atoms with Gasteiger partial charge in [-0.05, 0) is 32.2 Å². The molecule has 2 amide bonds. The molecule has 14 nitrogen and oxygen atoms in total. The molecule has 4 fully saturated rings. The average Bonchev–Trinajstić information content (AvgIpc) is 3.82. The van der Waals surface area contributed by atoms with E-state index in [9.17, 15) is 19.8 Å². The highest BCUT2D eigenvalue weighted by molar-refractivity contribution is 5.96. The summed E-state index contributed by atoms with van der Waals surface area (Å²) in [5.41, 5.74) is 1.58. The number of ether oxygens (including phenoxy) is 3. The molecule has 2 aromatic heterocycles. The van der Waals surface area contributed by atoms with Crippen molar-refractivity contribution in [2.24, 2.45) is 0 Å². The molecular weight excluding hydrogens is 558 g/mol. The molecule has 4 aliphatic rings. The number of fused-ring (bicyclic) bond motifs is 2. The summed E-state index contributed by atoms with van der Waals surface area (Å²) in [6.07, 6.45) is 2.89. The number of hydrogen-bond acceptors (Lipinski definition) is 11. The maximum Gasteiger partial charge on any atom is 0.320 e. The van der Waals surface area contributed by atoms with Gasteiger partial charge in [-0.2, -0.15) is 0 Å². The van der Waals surface area contributed by atoms with Gasteiger partial charge in [0.05, 0.1) is 18.9 Å². The number of hydrogen-bond donors (Lipinski definition) is 4. The minimum absolute atomic E-state index is 0.0146. The molecule has 3 saturated heterocycles. The van der Waals surface area contributed by atoms with Gasteiger partial charge < -0.3 is 29.7 Å². The van der Waals surface area contributed by atoms with Gasteiger partial charge in [0.25, 0.3) is 0 Å². The Morgan fingerprint density at radius 1 is 0.977 bits per heavy atom. The number of imidazole rings is 1. The van der Waals surface area contributed by atoms with Crippen LogP contribution in [0.15, 0.2) is 43.0 Å². The summed E-state index contributed by atoms with van der Waals surface area (Å²) in [6, 6.07) is 8.74. The van der Waals surface area contributed by atoms with Crippen LogP contribution in [-0.2, 0) is 19.0 Å². The first-order valence-electron chi connectivity index (χ1n) is 14.9. The Morgan fingerprint density at radius 2 is 1.77 bits per heavy atom. The van der Waals surface area contributed by atoms with E-state index in [0.717, 1.165) is 37.7 Å². The Labute approximate surface area is 247 Å². The molecule has 3 aliphatic heterocycles. The number of likely N-dealkylation sites (tertiary alicyclic amines) is 1. The lowest BCUT2D eigenvalue weighted by atomic mass is 10.1. The number of rotatable bonds is 8. The largest absolute Gasteiger partial charge is 0.367 e. The van der Waals surface area contributed by atoms with Gasteiger partial charge in [0.15, 0.2) is 41.6 Å². The van der Waals surface area contributed by atoms with Crippen LogP contribution in [0.2, 0.25) is 0 Å². The van der Waals surface area contributed by atoms with Crippen molar-refractivity contribution in [2.45, 2.75) is 87.7 Å². The van der Waals surface area contributed by atoms with Gasteiger partial charge in [-0.25, -0.2) is 19.7 Å². The maximum absolute atomic E-state index is 13.7. The van der Waals surface area contributed by atoms with E-state index in [0.29, 0.717) is 24.1 Å². The van der Waals surface area contributed by atoms with Crippen LogP contribution in [0.1, 0.15) is 56.6 Å². The molecule has 6 atom stereocenters. The third-order valence-corrected chi connectivity index (χ3v) is 8.81. The summed E-state index contributed by atoms with van der Waals surface area (Å²) < 4.78 is 20.7. The second kappa shape index (κ2) is 11.9. The summed E-state index contributed by atoms with van der Waals surface area (Å²) in [5.74, 6) is 0.0159. The molecule has 1 aliphatic carbocycles. The topological polar surface area (TPSA) is 173 Å². The lowest BCUT2D eigenvalue weighted by Crippen LogP contribution is -2.46. The smallest absolute Gasteiger partial charge is 0.320 e. The van der Waals surface area contributed by atoms with E-state index in [-0.39, 0.29) is 30.2 Å². The minimum atomic E-state index is -1.53. The Bertz CT molecular complexity index is 1460. The van der Waals surface area contributed by atoms with Gasteiger partial charge in [-0.15, -0.1) is 0 Å². The van der Waals surface area contributed by atoms with Crippen molar-refractivity contribution in [2.75, 3.05) is 18.4 Å². The zero-order chi connectivity index (χ0) is 29.5. The second-order valence-corrected chi connectivity index (χ2v) is 11.6. The zero-order valence-electron chi connectivity index (χ0n) is 23.5. The van der Waals surface area contributed by atoms with Crippen molar-refractivity contribution in [3.8, 4) is 0 Å². The Hall–Kier alpha value is -3.53. The Balaban J connectivity index is 1.15. The first kappa shape index (κ1) is 28.3. The number of Topliss-reactive ketones (excluding diaryl/α,β-unsaturated/α-hetero) is 1. The number of nitrogens with one attached hydrogen (secondary N) is 2. The van der Waals surface area contributed by atoms with Gasteiger partial charge in [-0.1, -0.05) is 43.2 Å². The second-order valence-electron chi connectivity index (χ2n) is 11.6. The number of benzene rings is 1. The van der Waals surface area contributed by atoms with E-state index in [1.165, 1.54) is 12.7 Å². The third-order valence-electron chi connectivity index (χ3n) is 8.81. The summed E-state index contributed by atoms with van der Waals surface area (Å²) in [4.78, 5) is 41.3. The highest BCUT2D eigenvalue weighted by atomic mass is 16.8. The molecule has 0 spiro atoms. The lowest BCUT2D eigenvalue weighted by molar-refractivity contribution is -0.162. The Kier molecular flexibility index (Phi) is 7.80. The molecule has 228 valence electrons. The highest BCUT2D eigenvalue weighted by Gasteiger charge is 2.56. The monoisotopic (exact) mass is 593 g/mol. The SMILES string of the molecule is O=C(Nc1ncnc2c1ncn2C1OC(C(=O)CN2CCCC2C(O)O)C2OC(c3ccccc3)OC21)NC1CCCC1. The number of urea groups is 1. The molecule has 4 N–H and O–H groups in total. The summed E-state index contributed by atoms with van der Waals surface area (Å²) in [7, 11) is 0. The molecule has 43 heavy (non-hydrogen) atoms. The van der Waals surface area contributed by atoms with E-state index in [1.54, 1.807) is 9.47 Å². The molecule has 1 saturated carbocycles. The zero-order valence-corrected chi connectivity index (χ0v) is 23.5. The summed E-state index contributed by atoms with van der Waals surface area (Å²) in [6.45, 7) is 0.564. The third kappa shape index (κ3) is 5.50. The number of carbonyl (C=O) groups excluding carboxylic acids is 2. The molecular formula is C29H35N7O7. The summed E-state index contributed by atoms with van der Waals surface area (Å²) >= 11 is 0. The molecule has 3 aromatic rings. The number of ketones is 1. The van der Waals surface area contributed by atoms with Crippen molar-refractivity contribution in [1.29, 1.82) is 0 Å². The van der Waals surface area contributed by atoms with Gasteiger partial charge in [-0.3, -0.25) is 19.6 Å². The van der Waals surface area contributed by atoms with Crippen LogP contribution in [0.25, 0.3) is 11.2 Å². The predicted octanol–water partition coefficient (Wildman–Crippen LogP) is 1.61. The number of anilines is 1. The number of aliphatic hydroxyl groups is 2. The maximum atomic E-state index is 13.7. The van der Waals surface area contributed by atoms with Crippen LogP contribution in [0.5, 0.6) is 0 Å². The lowest BCUT2D eigenvalue weighted by Gasteiger charge is -2.27. The molecule has 5 heterocycles. The van der Waals surface area contributed by atoms with E-state index in [1.807, 2.05) is 30.3 Å². The van der Waals surface area contributed by atoms with Crippen molar-refractivity contribution in [3.63, 3.8) is 0 Å². The van der Waals surface area contributed by atoms with E-state index >= 15 is 0 Å². The molecule has 14 heteroatoms. The van der Waals surface area contributed by atoms with Crippen LogP contribution in [0.4, 0.5) is 10.6 Å². The van der Waals surface area contributed by atoms with Crippen LogP contribution < -0.4 is 10.6 Å². The highest BCUT2D eigenvalue weighted by Crippen LogP contribution is 2.45. The fraction of sp³-hybridized carbons (Fsp3) is 0.552. The van der Waals surface area contributed by atoms with Gasteiger partial charge >= 0.3 is 6.03 Å². The fourth-order valence-electron chi connectivity index (χ4n) is 6.71. The molecule has 0 bridgehead atoms. The van der Waals surface area contributed by atoms with Crippen molar-refractivity contribution in [3.05, 3.63) is 48.5 Å². The normalized spacial score (nSPS) is 29.5. The van der Waals surface area contributed by atoms with Crippen LogP contribution in [0.3, 0.4) is 0 Å². The number of aliphatic hydroxyl groups excluding tert-OH is 1. The number of nitrogens with zero attached hydrogens (tertiary/aromatic N) is 5. The minimum Gasteiger partial charge on any atom is -0.367 e. The van der Waals surface area contributed by atoms with E-state index in [4.69, 9.17) is 14.2 Å². The number of amides is 2. The fourth-order valence-corrected chi connectivity index (χ4v) is 6.71. The Morgan fingerprint density at radius 3 is 2.56 bits per heavy atom. The first-order valence-corrected chi connectivity index (χ1v) is 14.9. The molecule has 7 rings (SSSR count). The molecule has 6 unspecified atom stereocenters. The van der Waals surface area contributed by atoms with Gasteiger partial charge in [0.1, 0.15) is 24.6 Å². The molecule has 1 aromatic carbocycles. The predicted molar refractivity (Wildman–Crippen MR) is 150 cm³/mol. The molecule has 0 radical (unpaired) electrons. The number of aromatic nitrogens is 4. The first-order chi connectivity index (χ1) is 21.0. The van der Waals surface area contributed by atoms with E-state index in [2.05, 4.69) is 25.6 Å². The van der Waals surface area contributed by atoms with E-state index < -0.39 is 43.2 Å². The van der Waals surface area contributed by atoms with Crippen molar-refractivity contribution >= 4 is 28.8 Å². The van der Waals surface area contributed by atoms with Crippen LogP contribution >= 0.6 is 0 Å². The van der Waals surface area contributed by atoms with Crippen LogP contribution in [-0.4, -0.2) is 96.2 Å². The van der Waals surface area contributed by atoms with Crippen molar-refractivity contribution < 1.29 is 34.0 Å². The van der Waals surface area contributed by atoms with Gasteiger partial charge in [0, 0.05) is 11.6 Å². The number of carbonyl (C=O) groups is 2. The van der Waals surface area contributed by atoms with Crippen molar-refractivity contribution in [1.82, 2.24) is 29.7 Å². The average molecular weight is 594 g/mol. The van der Waals surface area contributed by atoms with Crippen LogP contribution in [0, 0.1) is 0 Å². The quantitative estimate of drug-likeness (QED) is 0.280. The van der Waals surface area contributed by atoms with Gasteiger partial charge in [0.2, 0.25) is 0 Å².